The maximum atomic E-state index is 12.6. The molecule has 1 heterocycles. The largest absolute Gasteiger partial charge is 0.378 e. The van der Waals surface area contributed by atoms with Gasteiger partial charge in [-0.05, 0) is 24.6 Å². The molecule has 1 aliphatic rings. The van der Waals surface area contributed by atoms with Crippen LogP contribution in [0.4, 0.5) is 5.69 Å². The second kappa shape index (κ2) is 7.98. The lowest BCUT2D eigenvalue weighted by Gasteiger charge is -2.34. The monoisotopic (exact) mass is 353 g/mol. The van der Waals surface area contributed by atoms with Gasteiger partial charge in [-0.3, -0.25) is 4.79 Å². The zero-order valence-electron chi connectivity index (χ0n) is 14.7. The highest BCUT2D eigenvalue weighted by Crippen LogP contribution is 2.17. The van der Waals surface area contributed by atoms with Gasteiger partial charge >= 0.3 is 0 Å². The number of amides is 1. The number of unbranched alkanes of at least 4 members (excludes halogenated alkanes) is 1. The Labute approximate surface area is 145 Å². The highest BCUT2D eigenvalue weighted by Gasteiger charge is 2.28. The second-order valence-corrected chi connectivity index (χ2v) is 8.39. The first-order valence-corrected chi connectivity index (χ1v) is 10.0. The van der Waals surface area contributed by atoms with Crippen LogP contribution in [-0.4, -0.2) is 69.6 Å². The molecular weight excluding hydrogens is 326 g/mol. The number of piperazine rings is 1. The minimum atomic E-state index is -3.19. The van der Waals surface area contributed by atoms with Gasteiger partial charge in [-0.2, -0.15) is 4.31 Å². The Hall–Kier alpha value is -1.60. The molecule has 0 N–H and O–H groups in total. The summed E-state index contributed by atoms with van der Waals surface area (Å²) in [6.45, 7) is 3.62. The molecule has 1 aromatic rings. The highest BCUT2D eigenvalue weighted by atomic mass is 32.2. The van der Waals surface area contributed by atoms with Crippen molar-refractivity contribution in [3.63, 3.8) is 0 Å². The van der Waals surface area contributed by atoms with Gasteiger partial charge in [0.1, 0.15) is 0 Å². The van der Waals surface area contributed by atoms with Crippen LogP contribution in [0.5, 0.6) is 0 Å². The van der Waals surface area contributed by atoms with Crippen LogP contribution in [0.25, 0.3) is 0 Å². The predicted molar refractivity (Wildman–Crippen MR) is 96.9 cm³/mol. The summed E-state index contributed by atoms with van der Waals surface area (Å²) in [5.41, 5.74) is 1.62. The molecule has 1 saturated heterocycles. The lowest BCUT2D eigenvalue weighted by molar-refractivity contribution is 0.0698. The molecule has 1 amide bonds. The molecule has 0 saturated carbocycles. The van der Waals surface area contributed by atoms with Crippen molar-refractivity contribution < 1.29 is 13.2 Å². The summed E-state index contributed by atoms with van der Waals surface area (Å²) in [6, 6.07) is 7.50. The number of benzene rings is 1. The van der Waals surface area contributed by atoms with E-state index in [2.05, 4.69) is 0 Å². The molecule has 6 nitrogen and oxygen atoms in total. The molecule has 1 aromatic carbocycles. The van der Waals surface area contributed by atoms with Gasteiger partial charge in [-0.25, -0.2) is 8.42 Å². The lowest BCUT2D eigenvalue weighted by Crippen LogP contribution is -2.51. The third-order valence-electron chi connectivity index (χ3n) is 4.28. The fourth-order valence-electron chi connectivity index (χ4n) is 2.72. The second-order valence-electron chi connectivity index (χ2n) is 6.31. The average Bonchev–Trinajstić information content (AvgIpc) is 2.59. The molecule has 0 aliphatic carbocycles. The van der Waals surface area contributed by atoms with Crippen molar-refractivity contribution >= 4 is 21.6 Å². The normalized spacial score (nSPS) is 16.2. The van der Waals surface area contributed by atoms with Crippen LogP contribution in [0, 0.1) is 0 Å². The van der Waals surface area contributed by atoms with Crippen molar-refractivity contribution in [3.05, 3.63) is 29.8 Å². The molecule has 1 fully saturated rings. The summed E-state index contributed by atoms with van der Waals surface area (Å²) < 4.78 is 26.0. The minimum Gasteiger partial charge on any atom is -0.378 e. The van der Waals surface area contributed by atoms with Gasteiger partial charge in [0.2, 0.25) is 10.0 Å². The van der Waals surface area contributed by atoms with Crippen molar-refractivity contribution in [3.8, 4) is 0 Å². The fraction of sp³-hybridized carbons (Fsp3) is 0.588. The first-order chi connectivity index (χ1) is 11.3. The Morgan fingerprint density at radius 1 is 1.17 bits per heavy atom. The van der Waals surface area contributed by atoms with E-state index in [1.54, 1.807) is 11.0 Å². The molecule has 0 spiro atoms. The summed E-state index contributed by atoms with van der Waals surface area (Å²) in [4.78, 5) is 16.3. The number of sulfonamides is 1. The van der Waals surface area contributed by atoms with Crippen molar-refractivity contribution in [1.82, 2.24) is 9.21 Å². The molecule has 134 valence electrons. The molecule has 0 atom stereocenters. The number of rotatable bonds is 6. The van der Waals surface area contributed by atoms with E-state index in [0.29, 0.717) is 38.2 Å². The zero-order chi connectivity index (χ0) is 17.7. The zero-order valence-corrected chi connectivity index (χ0v) is 15.6. The van der Waals surface area contributed by atoms with Gasteiger partial charge < -0.3 is 9.80 Å². The Balaban J connectivity index is 1.99. The van der Waals surface area contributed by atoms with Crippen LogP contribution < -0.4 is 4.90 Å². The van der Waals surface area contributed by atoms with E-state index >= 15 is 0 Å². The van der Waals surface area contributed by atoms with E-state index in [4.69, 9.17) is 0 Å². The van der Waals surface area contributed by atoms with Gasteiger partial charge in [0.15, 0.2) is 0 Å². The Kier molecular flexibility index (Phi) is 6.23. The number of anilines is 1. The Morgan fingerprint density at radius 3 is 2.42 bits per heavy atom. The number of hydrogen-bond acceptors (Lipinski definition) is 4. The maximum Gasteiger partial charge on any atom is 0.254 e. The molecule has 0 radical (unpaired) electrons. The van der Waals surface area contributed by atoms with Crippen LogP contribution in [-0.2, 0) is 10.0 Å². The summed E-state index contributed by atoms with van der Waals surface area (Å²) in [5.74, 6) is 0.159. The summed E-state index contributed by atoms with van der Waals surface area (Å²) >= 11 is 0. The van der Waals surface area contributed by atoms with Gasteiger partial charge in [0.05, 0.1) is 5.75 Å². The topological polar surface area (TPSA) is 60.9 Å². The smallest absolute Gasteiger partial charge is 0.254 e. The molecule has 0 unspecified atom stereocenters. The number of hydrogen-bond donors (Lipinski definition) is 0. The van der Waals surface area contributed by atoms with E-state index in [1.165, 1.54) is 4.31 Å². The minimum absolute atomic E-state index is 0.0377. The quantitative estimate of drug-likeness (QED) is 0.780. The summed E-state index contributed by atoms with van der Waals surface area (Å²) in [7, 11) is 0.680. The van der Waals surface area contributed by atoms with Crippen molar-refractivity contribution in [2.24, 2.45) is 0 Å². The highest BCUT2D eigenvalue weighted by molar-refractivity contribution is 7.89. The van der Waals surface area contributed by atoms with Crippen molar-refractivity contribution in [2.45, 2.75) is 19.8 Å². The Bertz CT molecular complexity index is 665. The van der Waals surface area contributed by atoms with Crippen molar-refractivity contribution in [2.75, 3.05) is 50.9 Å². The molecule has 0 bridgehead atoms. The number of carbonyl (C=O) groups is 1. The van der Waals surface area contributed by atoms with Gasteiger partial charge in [-0.1, -0.05) is 19.4 Å². The summed E-state index contributed by atoms with van der Waals surface area (Å²) in [5, 5.41) is 0. The molecule has 24 heavy (non-hydrogen) atoms. The third kappa shape index (κ3) is 4.48. The van der Waals surface area contributed by atoms with Crippen LogP contribution >= 0.6 is 0 Å². The van der Waals surface area contributed by atoms with E-state index < -0.39 is 10.0 Å². The summed E-state index contributed by atoms with van der Waals surface area (Å²) in [6.07, 6.45) is 1.54. The third-order valence-corrected chi connectivity index (χ3v) is 6.24. The number of carbonyl (C=O) groups excluding carboxylic acids is 1. The van der Waals surface area contributed by atoms with E-state index in [-0.39, 0.29) is 11.7 Å². The van der Waals surface area contributed by atoms with Crippen LogP contribution in [0.15, 0.2) is 24.3 Å². The van der Waals surface area contributed by atoms with Gasteiger partial charge in [0, 0.05) is 51.5 Å². The lowest BCUT2D eigenvalue weighted by atomic mass is 10.1. The van der Waals surface area contributed by atoms with Crippen molar-refractivity contribution in [1.29, 1.82) is 0 Å². The standard InChI is InChI=1S/C17H27N3O3S/c1-4-5-13-24(22,23)20-11-9-19(10-12-20)17(21)15-7-6-8-16(14-15)18(2)3/h6-8,14H,4-5,9-13H2,1-3H3. The molecule has 0 aromatic heterocycles. The molecular formula is C17H27N3O3S. The van der Waals surface area contributed by atoms with Gasteiger partial charge in [-0.15, -0.1) is 0 Å². The number of nitrogens with zero attached hydrogens (tertiary/aromatic N) is 3. The first kappa shape index (κ1) is 18.7. The van der Waals surface area contributed by atoms with Crippen LogP contribution in [0.2, 0.25) is 0 Å². The van der Waals surface area contributed by atoms with E-state index in [9.17, 15) is 13.2 Å². The van der Waals surface area contributed by atoms with E-state index in [1.807, 2.05) is 44.1 Å². The molecule has 1 aliphatic heterocycles. The Morgan fingerprint density at radius 2 is 1.83 bits per heavy atom. The molecule has 2 rings (SSSR count). The first-order valence-electron chi connectivity index (χ1n) is 8.39. The van der Waals surface area contributed by atoms with Crippen LogP contribution in [0.1, 0.15) is 30.1 Å². The average molecular weight is 353 g/mol. The van der Waals surface area contributed by atoms with Crippen LogP contribution in [0.3, 0.4) is 0 Å². The van der Waals surface area contributed by atoms with E-state index in [0.717, 1.165) is 12.1 Å². The predicted octanol–water partition coefficient (Wildman–Crippen LogP) is 1.64. The van der Waals surface area contributed by atoms with Gasteiger partial charge in [0.25, 0.3) is 5.91 Å². The SMILES string of the molecule is CCCCS(=O)(=O)N1CCN(C(=O)c2cccc(N(C)C)c2)CC1. The fourth-order valence-corrected chi connectivity index (χ4v) is 4.36. The molecule has 7 heteroatoms. The maximum absolute atomic E-state index is 12.6.